The molecule has 5 heteroatoms. The fourth-order valence-electron chi connectivity index (χ4n) is 2.22. The van der Waals surface area contributed by atoms with E-state index in [0.717, 1.165) is 5.56 Å². The number of pyridine rings is 1. The van der Waals surface area contributed by atoms with Gasteiger partial charge in [0.1, 0.15) is 5.56 Å². The molecule has 1 amide bonds. The van der Waals surface area contributed by atoms with Crippen LogP contribution in [0.25, 0.3) is 10.9 Å². The standard InChI is InChI=1S/C17H13ClN2O2/c1-10-5-7-11(8-6-10)20-17(22)13-9-19-15-12(16(13)21)3-2-4-14(15)18/h2-9H,1H3,(H,19,21)(H,20,22). The highest BCUT2D eigenvalue weighted by Gasteiger charge is 2.14. The van der Waals surface area contributed by atoms with Gasteiger partial charge in [-0.1, -0.05) is 35.4 Å². The summed E-state index contributed by atoms with van der Waals surface area (Å²) in [6.45, 7) is 1.96. The van der Waals surface area contributed by atoms with Gasteiger partial charge in [-0.3, -0.25) is 9.59 Å². The van der Waals surface area contributed by atoms with Crippen LogP contribution in [0.4, 0.5) is 5.69 Å². The fraction of sp³-hybridized carbons (Fsp3) is 0.0588. The van der Waals surface area contributed by atoms with Crippen molar-refractivity contribution in [1.82, 2.24) is 4.98 Å². The minimum absolute atomic E-state index is 0.0512. The minimum Gasteiger partial charge on any atom is -0.359 e. The van der Waals surface area contributed by atoms with Crippen LogP contribution in [0.2, 0.25) is 5.02 Å². The van der Waals surface area contributed by atoms with E-state index in [4.69, 9.17) is 11.6 Å². The lowest BCUT2D eigenvalue weighted by Crippen LogP contribution is -2.21. The Hall–Kier alpha value is -2.59. The molecule has 0 saturated carbocycles. The van der Waals surface area contributed by atoms with E-state index in [1.165, 1.54) is 6.20 Å². The average Bonchev–Trinajstić information content (AvgIpc) is 2.51. The van der Waals surface area contributed by atoms with Crippen LogP contribution >= 0.6 is 11.6 Å². The third-order valence-corrected chi connectivity index (χ3v) is 3.73. The van der Waals surface area contributed by atoms with Gasteiger partial charge in [-0.05, 0) is 31.2 Å². The van der Waals surface area contributed by atoms with Gasteiger partial charge in [0.25, 0.3) is 5.91 Å². The van der Waals surface area contributed by atoms with Crippen molar-refractivity contribution < 1.29 is 4.79 Å². The van der Waals surface area contributed by atoms with Crippen molar-refractivity contribution in [2.45, 2.75) is 6.92 Å². The third kappa shape index (κ3) is 2.61. The Morgan fingerprint density at radius 1 is 1.14 bits per heavy atom. The lowest BCUT2D eigenvalue weighted by atomic mass is 10.1. The molecule has 2 N–H and O–H groups in total. The molecule has 4 nitrogen and oxygen atoms in total. The Labute approximate surface area is 131 Å². The van der Waals surface area contributed by atoms with Crippen molar-refractivity contribution in [3.8, 4) is 0 Å². The minimum atomic E-state index is -0.452. The molecule has 0 saturated heterocycles. The van der Waals surface area contributed by atoms with E-state index < -0.39 is 5.91 Å². The van der Waals surface area contributed by atoms with Gasteiger partial charge in [0, 0.05) is 17.3 Å². The highest BCUT2D eigenvalue weighted by molar-refractivity contribution is 6.35. The van der Waals surface area contributed by atoms with Crippen LogP contribution in [0.5, 0.6) is 0 Å². The van der Waals surface area contributed by atoms with E-state index in [9.17, 15) is 9.59 Å². The maximum Gasteiger partial charge on any atom is 0.261 e. The highest BCUT2D eigenvalue weighted by atomic mass is 35.5. The number of aromatic nitrogens is 1. The Morgan fingerprint density at radius 3 is 2.59 bits per heavy atom. The highest BCUT2D eigenvalue weighted by Crippen LogP contribution is 2.19. The number of aromatic amines is 1. The Bertz CT molecular complexity index is 914. The van der Waals surface area contributed by atoms with Crippen LogP contribution in [0.15, 0.2) is 53.5 Å². The van der Waals surface area contributed by atoms with E-state index >= 15 is 0 Å². The zero-order chi connectivity index (χ0) is 15.7. The number of H-pyrrole nitrogens is 1. The number of hydrogen-bond acceptors (Lipinski definition) is 2. The van der Waals surface area contributed by atoms with Crippen LogP contribution < -0.4 is 10.7 Å². The third-order valence-electron chi connectivity index (χ3n) is 3.42. The molecule has 1 aromatic heterocycles. The predicted molar refractivity (Wildman–Crippen MR) is 88.7 cm³/mol. The summed E-state index contributed by atoms with van der Waals surface area (Å²) in [5.74, 6) is -0.452. The van der Waals surface area contributed by atoms with Crippen LogP contribution in [0, 0.1) is 6.92 Å². The first-order valence-corrected chi connectivity index (χ1v) is 7.12. The molecule has 0 fully saturated rings. The van der Waals surface area contributed by atoms with Gasteiger partial charge in [0.15, 0.2) is 0 Å². The number of hydrogen-bond donors (Lipinski definition) is 2. The zero-order valence-electron chi connectivity index (χ0n) is 11.8. The number of fused-ring (bicyclic) bond motifs is 1. The molecule has 22 heavy (non-hydrogen) atoms. The molecule has 0 radical (unpaired) electrons. The summed E-state index contributed by atoms with van der Waals surface area (Å²) >= 11 is 6.03. The van der Waals surface area contributed by atoms with Crippen LogP contribution in [-0.4, -0.2) is 10.9 Å². The van der Waals surface area contributed by atoms with Crippen molar-refractivity contribution in [3.63, 3.8) is 0 Å². The van der Waals surface area contributed by atoms with Gasteiger partial charge >= 0.3 is 0 Å². The molecule has 0 aliphatic rings. The van der Waals surface area contributed by atoms with Gasteiger partial charge in [0.05, 0.1) is 10.5 Å². The number of carbonyl (C=O) groups is 1. The van der Waals surface area contributed by atoms with Crippen molar-refractivity contribution in [1.29, 1.82) is 0 Å². The molecule has 0 aliphatic carbocycles. The Kier molecular flexibility index (Phi) is 3.69. The lowest BCUT2D eigenvalue weighted by molar-refractivity contribution is 0.102. The van der Waals surface area contributed by atoms with Gasteiger partial charge < -0.3 is 10.3 Å². The van der Waals surface area contributed by atoms with Crippen molar-refractivity contribution in [2.75, 3.05) is 5.32 Å². The summed E-state index contributed by atoms with van der Waals surface area (Å²) in [6.07, 6.45) is 1.39. The molecular weight excluding hydrogens is 300 g/mol. The molecule has 0 unspecified atom stereocenters. The van der Waals surface area contributed by atoms with Crippen molar-refractivity contribution >= 4 is 34.1 Å². The largest absolute Gasteiger partial charge is 0.359 e. The number of rotatable bonds is 2. The molecule has 3 rings (SSSR count). The summed E-state index contributed by atoms with van der Waals surface area (Å²) in [4.78, 5) is 27.6. The normalized spacial score (nSPS) is 10.6. The zero-order valence-corrected chi connectivity index (χ0v) is 12.6. The molecule has 0 bridgehead atoms. The number of para-hydroxylation sites is 1. The number of benzene rings is 2. The number of halogens is 1. The van der Waals surface area contributed by atoms with E-state index in [1.807, 2.05) is 19.1 Å². The van der Waals surface area contributed by atoms with Crippen molar-refractivity contribution in [3.05, 3.63) is 75.0 Å². The smallest absolute Gasteiger partial charge is 0.261 e. The molecule has 0 spiro atoms. The number of nitrogens with one attached hydrogen (secondary N) is 2. The summed E-state index contributed by atoms with van der Waals surface area (Å²) < 4.78 is 0. The maximum absolute atomic E-state index is 12.4. The van der Waals surface area contributed by atoms with Crippen molar-refractivity contribution in [2.24, 2.45) is 0 Å². The monoisotopic (exact) mass is 312 g/mol. The van der Waals surface area contributed by atoms with Gasteiger partial charge in [0.2, 0.25) is 5.43 Å². The lowest BCUT2D eigenvalue weighted by Gasteiger charge is -2.07. The van der Waals surface area contributed by atoms with E-state index in [1.54, 1.807) is 30.3 Å². The van der Waals surface area contributed by atoms with E-state index in [0.29, 0.717) is 21.6 Å². The molecule has 3 aromatic rings. The second-order valence-electron chi connectivity index (χ2n) is 5.01. The average molecular weight is 313 g/mol. The summed E-state index contributed by atoms with van der Waals surface area (Å²) in [5.41, 5.74) is 1.97. The second kappa shape index (κ2) is 5.66. The fourth-order valence-corrected chi connectivity index (χ4v) is 2.45. The Morgan fingerprint density at radius 2 is 1.86 bits per heavy atom. The first-order valence-electron chi connectivity index (χ1n) is 6.74. The van der Waals surface area contributed by atoms with Crippen LogP contribution in [0.1, 0.15) is 15.9 Å². The summed E-state index contributed by atoms with van der Waals surface area (Å²) in [6, 6.07) is 12.4. The molecular formula is C17H13ClN2O2. The summed E-state index contributed by atoms with van der Waals surface area (Å²) in [5, 5.41) is 3.55. The number of anilines is 1. The van der Waals surface area contributed by atoms with Gasteiger partial charge in [-0.15, -0.1) is 0 Å². The predicted octanol–water partition coefficient (Wildman–Crippen LogP) is 3.74. The SMILES string of the molecule is Cc1ccc(NC(=O)c2c[nH]c3c(Cl)cccc3c2=O)cc1. The van der Waals surface area contributed by atoms with Gasteiger partial charge in [-0.2, -0.15) is 0 Å². The maximum atomic E-state index is 12.4. The first-order chi connectivity index (χ1) is 10.6. The van der Waals surface area contributed by atoms with Gasteiger partial charge in [-0.25, -0.2) is 0 Å². The Balaban J connectivity index is 1.99. The van der Waals surface area contributed by atoms with E-state index in [2.05, 4.69) is 10.3 Å². The second-order valence-corrected chi connectivity index (χ2v) is 5.42. The first kappa shape index (κ1) is 14.4. The van der Waals surface area contributed by atoms with E-state index in [-0.39, 0.29) is 11.0 Å². The topological polar surface area (TPSA) is 62.0 Å². The molecule has 0 aliphatic heterocycles. The number of aryl methyl sites for hydroxylation is 1. The molecule has 110 valence electrons. The molecule has 1 heterocycles. The molecule has 0 atom stereocenters. The van der Waals surface area contributed by atoms with Crippen LogP contribution in [0.3, 0.4) is 0 Å². The number of carbonyl (C=O) groups excluding carboxylic acids is 1. The molecule has 2 aromatic carbocycles. The quantitative estimate of drug-likeness (QED) is 0.757. The summed E-state index contributed by atoms with van der Waals surface area (Å²) in [7, 11) is 0. The van der Waals surface area contributed by atoms with Crippen LogP contribution in [-0.2, 0) is 0 Å². The number of amides is 1.